The van der Waals surface area contributed by atoms with Gasteiger partial charge in [0.05, 0.1) is 29.2 Å². The van der Waals surface area contributed by atoms with Crippen molar-refractivity contribution in [2.75, 3.05) is 17.7 Å². The molecule has 0 aliphatic carbocycles. The maximum Gasteiger partial charge on any atom is 0.387 e. The van der Waals surface area contributed by atoms with E-state index in [-0.39, 0.29) is 29.7 Å². The second-order valence-corrected chi connectivity index (χ2v) is 6.32. The molecule has 0 saturated carbocycles. The van der Waals surface area contributed by atoms with E-state index in [0.29, 0.717) is 5.03 Å². The first kappa shape index (κ1) is 20.7. The zero-order chi connectivity index (χ0) is 20.0. The largest absolute Gasteiger partial charge is 0.463 e. The van der Waals surface area contributed by atoms with Gasteiger partial charge in [-0.05, 0) is 26.0 Å². The van der Waals surface area contributed by atoms with Crippen molar-refractivity contribution in [1.82, 2.24) is 4.90 Å². The van der Waals surface area contributed by atoms with Gasteiger partial charge in [-0.15, -0.1) is 0 Å². The first-order chi connectivity index (χ1) is 12.8. The molecule has 1 heterocycles. The molecule has 1 aliphatic rings. The lowest BCUT2D eigenvalue weighted by Crippen LogP contribution is -2.42. The van der Waals surface area contributed by atoms with Gasteiger partial charge in [-0.25, -0.2) is 4.79 Å². The van der Waals surface area contributed by atoms with Crippen molar-refractivity contribution in [3.8, 4) is 5.75 Å². The maximum atomic E-state index is 12.5. The number of amides is 2. The molecule has 0 bridgehead atoms. The van der Waals surface area contributed by atoms with E-state index in [9.17, 15) is 23.2 Å². The smallest absolute Gasteiger partial charge is 0.387 e. The van der Waals surface area contributed by atoms with E-state index in [1.165, 1.54) is 30.0 Å². The highest BCUT2D eigenvalue weighted by atomic mass is 32.2. The number of anilines is 1. The van der Waals surface area contributed by atoms with E-state index in [1.807, 2.05) is 0 Å². The summed E-state index contributed by atoms with van der Waals surface area (Å²) in [4.78, 5) is 37.5. The highest BCUT2D eigenvalue weighted by Gasteiger charge is 2.35. The summed E-state index contributed by atoms with van der Waals surface area (Å²) in [5.41, 5.74) is 0.0462. The fraction of sp³-hybridized carbons (Fsp3) is 0.353. The van der Waals surface area contributed by atoms with Crippen molar-refractivity contribution in [1.29, 1.82) is 0 Å². The Kier molecular flexibility index (Phi) is 7.17. The summed E-state index contributed by atoms with van der Waals surface area (Å²) in [6.45, 7) is 0.249. The van der Waals surface area contributed by atoms with Gasteiger partial charge in [0.15, 0.2) is 0 Å². The number of carbonyl (C=O) groups is 3. The molecule has 2 rings (SSSR count). The fourth-order valence-corrected chi connectivity index (χ4v) is 3.31. The lowest BCUT2D eigenvalue weighted by Gasteiger charge is -2.24. The number of nitrogens with one attached hydrogen (secondary N) is 1. The van der Waals surface area contributed by atoms with Gasteiger partial charge in [-0.3, -0.25) is 14.5 Å². The molecule has 1 aromatic carbocycles. The normalized spacial score (nSPS) is 16.6. The Balaban J connectivity index is 2.16. The van der Waals surface area contributed by atoms with E-state index in [2.05, 4.69) is 10.1 Å². The number of carbonyl (C=O) groups excluding carboxylic acids is 3. The molecule has 0 aromatic heterocycles. The van der Waals surface area contributed by atoms with E-state index in [1.54, 1.807) is 13.0 Å². The molecular weight excluding hydrogens is 382 g/mol. The number of halogens is 2. The van der Waals surface area contributed by atoms with Crippen LogP contribution in [0.1, 0.15) is 13.8 Å². The van der Waals surface area contributed by atoms with Crippen LogP contribution < -0.4 is 10.1 Å². The molecular formula is C17H18F2N2O5S. The number of alkyl halides is 2. The van der Waals surface area contributed by atoms with Crippen LogP contribution in [0.3, 0.4) is 0 Å². The third-order valence-corrected chi connectivity index (χ3v) is 4.51. The molecule has 1 aromatic rings. The quantitative estimate of drug-likeness (QED) is 0.559. The Morgan fingerprint density at radius 1 is 1.37 bits per heavy atom. The minimum Gasteiger partial charge on any atom is -0.463 e. The standard InChI is InChI=1S/C17H18F2N2O5S/c1-3-25-15(23)8-14-21(13(22)9-27-14)10(2)16(24)20-11-6-4-5-7-12(11)26-17(18)19/h4-8,10,17H,3,9H2,1-2H3,(H,20,24)/b14-8-. The number of nitrogens with zero attached hydrogens (tertiary/aromatic N) is 1. The van der Waals surface area contributed by atoms with E-state index < -0.39 is 24.5 Å². The van der Waals surface area contributed by atoms with Gasteiger partial charge >= 0.3 is 12.6 Å². The van der Waals surface area contributed by atoms with Crippen molar-refractivity contribution in [3.63, 3.8) is 0 Å². The van der Waals surface area contributed by atoms with Gasteiger partial charge in [0.1, 0.15) is 11.8 Å². The lowest BCUT2D eigenvalue weighted by molar-refractivity contribution is -0.137. The Morgan fingerprint density at radius 3 is 2.74 bits per heavy atom. The molecule has 1 N–H and O–H groups in total. The van der Waals surface area contributed by atoms with Crippen LogP contribution in [0.2, 0.25) is 0 Å². The molecule has 1 unspecified atom stereocenters. The minimum atomic E-state index is -3.05. The summed E-state index contributed by atoms with van der Waals surface area (Å²) >= 11 is 1.11. The summed E-state index contributed by atoms with van der Waals surface area (Å²) in [6, 6.07) is 4.74. The Labute approximate surface area is 158 Å². The average molecular weight is 400 g/mol. The molecule has 27 heavy (non-hydrogen) atoms. The Morgan fingerprint density at radius 2 is 2.07 bits per heavy atom. The first-order valence-corrected chi connectivity index (χ1v) is 9.00. The van der Waals surface area contributed by atoms with Gasteiger partial charge in [0, 0.05) is 0 Å². The molecule has 10 heteroatoms. The zero-order valence-corrected chi connectivity index (χ0v) is 15.4. The number of para-hydroxylation sites is 2. The van der Waals surface area contributed by atoms with Crippen LogP contribution in [0.25, 0.3) is 0 Å². The zero-order valence-electron chi connectivity index (χ0n) is 14.6. The summed E-state index contributed by atoms with van der Waals surface area (Å²) < 4.78 is 34.2. The van der Waals surface area contributed by atoms with Crippen molar-refractivity contribution in [2.45, 2.75) is 26.5 Å². The summed E-state index contributed by atoms with van der Waals surface area (Å²) in [6.07, 6.45) is 1.15. The van der Waals surface area contributed by atoms with Crippen molar-refractivity contribution >= 4 is 35.2 Å². The average Bonchev–Trinajstić information content (AvgIpc) is 2.96. The Bertz CT molecular complexity index is 757. The van der Waals surface area contributed by atoms with Gasteiger partial charge in [-0.2, -0.15) is 8.78 Å². The van der Waals surface area contributed by atoms with Gasteiger partial charge in [0.2, 0.25) is 11.8 Å². The third-order valence-electron chi connectivity index (χ3n) is 3.51. The van der Waals surface area contributed by atoms with Gasteiger partial charge in [0.25, 0.3) is 0 Å². The van der Waals surface area contributed by atoms with Crippen LogP contribution in [0, 0.1) is 0 Å². The minimum absolute atomic E-state index is 0.0462. The van der Waals surface area contributed by atoms with Crippen LogP contribution in [-0.2, 0) is 19.1 Å². The number of rotatable bonds is 7. The molecule has 1 aliphatic heterocycles. The van der Waals surface area contributed by atoms with E-state index >= 15 is 0 Å². The van der Waals surface area contributed by atoms with Crippen molar-refractivity contribution in [3.05, 3.63) is 35.4 Å². The monoisotopic (exact) mass is 400 g/mol. The number of benzene rings is 1. The number of esters is 1. The number of ether oxygens (including phenoxy) is 2. The molecule has 0 radical (unpaired) electrons. The molecule has 1 fully saturated rings. The van der Waals surface area contributed by atoms with E-state index in [4.69, 9.17) is 4.74 Å². The van der Waals surface area contributed by atoms with Gasteiger partial charge < -0.3 is 14.8 Å². The summed E-state index contributed by atoms with van der Waals surface area (Å²) in [7, 11) is 0. The SMILES string of the molecule is CCOC(=O)/C=C1\SCC(=O)N1C(C)C(=O)Nc1ccccc1OC(F)F. The lowest BCUT2D eigenvalue weighted by atomic mass is 10.2. The van der Waals surface area contributed by atoms with Crippen LogP contribution >= 0.6 is 11.8 Å². The fourth-order valence-electron chi connectivity index (χ4n) is 2.32. The summed E-state index contributed by atoms with van der Waals surface area (Å²) in [5, 5.41) is 2.76. The molecule has 0 spiro atoms. The topological polar surface area (TPSA) is 84.9 Å². The van der Waals surface area contributed by atoms with Crippen molar-refractivity contribution in [2.24, 2.45) is 0 Å². The Hall–Kier alpha value is -2.62. The molecule has 1 saturated heterocycles. The maximum absolute atomic E-state index is 12.5. The predicted octanol–water partition coefficient (Wildman–Crippen LogP) is 2.59. The molecule has 2 amide bonds. The molecule has 1 atom stereocenters. The predicted molar refractivity (Wildman–Crippen MR) is 95.2 cm³/mol. The molecule has 146 valence electrons. The van der Waals surface area contributed by atoms with Crippen molar-refractivity contribution < 1.29 is 32.6 Å². The number of hydrogen-bond acceptors (Lipinski definition) is 6. The molecule has 7 nitrogen and oxygen atoms in total. The van der Waals surface area contributed by atoms with Crippen LogP contribution in [0.5, 0.6) is 5.75 Å². The second kappa shape index (κ2) is 9.36. The first-order valence-electron chi connectivity index (χ1n) is 8.01. The highest BCUT2D eigenvalue weighted by molar-refractivity contribution is 8.04. The van der Waals surface area contributed by atoms with Crippen LogP contribution in [-0.4, -0.2) is 47.7 Å². The van der Waals surface area contributed by atoms with Crippen LogP contribution in [0.15, 0.2) is 35.4 Å². The second-order valence-electron chi connectivity index (χ2n) is 5.33. The van der Waals surface area contributed by atoms with Gasteiger partial charge in [-0.1, -0.05) is 23.9 Å². The van der Waals surface area contributed by atoms with Crippen LogP contribution in [0.4, 0.5) is 14.5 Å². The number of thioether (sulfide) groups is 1. The van der Waals surface area contributed by atoms with E-state index in [0.717, 1.165) is 17.8 Å². The summed E-state index contributed by atoms with van der Waals surface area (Å²) in [5.74, 6) is -1.71. The number of hydrogen-bond donors (Lipinski definition) is 1. The highest BCUT2D eigenvalue weighted by Crippen LogP contribution is 2.32. The third kappa shape index (κ3) is 5.43.